The van der Waals surface area contributed by atoms with Crippen LogP contribution in [0.2, 0.25) is 0 Å². The topological polar surface area (TPSA) is 77.8 Å². The van der Waals surface area contributed by atoms with Crippen LogP contribution in [0.25, 0.3) is 0 Å². The summed E-state index contributed by atoms with van der Waals surface area (Å²) >= 11 is 0. The van der Waals surface area contributed by atoms with E-state index in [-0.39, 0.29) is 23.5 Å². The third kappa shape index (κ3) is 2.42. The minimum absolute atomic E-state index is 0.135. The number of hydrogen-bond donors (Lipinski definition) is 3. The van der Waals surface area contributed by atoms with E-state index in [9.17, 15) is 20.1 Å². The minimum Gasteiger partial charge on any atom is -0.392 e. The molecule has 0 aromatic heterocycles. The Morgan fingerprint density at radius 1 is 1.29 bits per heavy atom. The van der Waals surface area contributed by atoms with Crippen molar-refractivity contribution in [3.63, 3.8) is 0 Å². The first-order valence-corrected chi connectivity index (χ1v) is 9.01. The second kappa shape index (κ2) is 5.52. The highest BCUT2D eigenvalue weighted by Crippen LogP contribution is 2.62. The summed E-state index contributed by atoms with van der Waals surface area (Å²) in [5.74, 6) is -0.729. The summed E-state index contributed by atoms with van der Waals surface area (Å²) < 4.78 is 0. The molecule has 134 valence electrons. The lowest BCUT2D eigenvalue weighted by Gasteiger charge is -2.34. The molecule has 0 radical (unpaired) electrons. The Bertz CT molecular complexity index is 605. The van der Waals surface area contributed by atoms with E-state index >= 15 is 0 Å². The molecule has 3 aliphatic rings. The predicted molar refractivity (Wildman–Crippen MR) is 92.1 cm³/mol. The van der Waals surface area contributed by atoms with Crippen LogP contribution in [0.1, 0.15) is 47.0 Å². The molecule has 0 heterocycles. The lowest BCUT2D eigenvalue weighted by molar-refractivity contribution is -0.144. The molecule has 3 rings (SSSR count). The number of carbonyl (C=O) groups excluding carboxylic acids is 1. The summed E-state index contributed by atoms with van der Waals surface area (Å²) in [4.78, 5) is 13.0. The molecule has 2 saturated carbocycles. The second-order valence-corrected chi connectivity index (χ2v) is 8.90. The van der Waals surface area contributed by atoms with Gasteiger partial charge < -0.3 is 15.3 Å². The summed E-state index contributed by atoms with van der Waals surface area (Å²) in [6.45, 7) is 11.9. The fourth-order valence-corrected chi connectivity index (χ4v) is 5.17. The Labute approximate surface area is 144 Å². The van der Waals surface area contributed by atoms with Gasteiger partial charge in [0.25, 0.3) is 0 Å². The van der Waals surface area contributed by atoms with Gasteiger partial charge in [-0.1, -0.05) is 33.4 Å². The van der Waals surface area contributed by atoms with E-state index in [0.717, 1.165) is 6.42 Å². The number of hydrogen-bond acceptors (Lipinski definition) is 4. The van der Waals surface area contributed by atoms with Crippen molar-refractivity contribution in [3.05, 3.63) is 23.8 Å². The van der Waals surface area contributed by atoms with E-state index in [2.05, 4.69) is 20.4 Å². The van der Waals surface area contributed by atoms with Gasteiger partial charge in [0.1, 0.15) is 5.60 Å². The highest BCUT2D eigenvalue weighted by molar-refractivity contribution is 6.02. The summed E-state index contributed by atoms with van der Waals surface area (Å²) in [6, 6.07) is 0. The molecular weight excluding hydrogens is 304 g/mol. The lowest BCUT2D eigenvalue weighted by atomic mass is 9.77. The van der Waals surface area contributed by atoms with Crippen molar-refractivity contribution in [2.45, 2.75) is 64.8 Å². The number of fused-ring (bicyclic) bond motifs is 2. The molecule has 0 amide bonds. The molecule has 0 bridgehead atoms. The zero-order valence-corrected chi connectivity index (χ0v) is 15.1. The van der Waals surface area contributed by atoms with Gasteiger partial charge in [0.05, 0.1) is 18.1 Å². The van der Waals surface area contributed by atoms with Crippen LogP contribution in [0, 0.1) is 29.1 Å². The van der Waals surface area contributed by atoms with Crippen LogP contribution in [0.4, 0.5) is 0 Å². The quantitative estimate of drug-likeness (QED) is 0.594. The molecule has 0 aliphatic heterocycles. The van der Waals surface area contributed by atoms with Crippen molar-refractivity contribution in [3.8, 4) is 0 Å². The largest absolute Gasteiger partial charge is 0.392 e. The molecule has 24 heavy (non-hydrogen) atoms. The molecular formula is C20H30O4. The number of Topliss-reactive ketones (excluding diaryl/α,β-unsaturated/α-hetero) is 1. The summed E-state index contributed by atoms with van der Waals surface area (Å²) in [5, 5.41) is 32.4. The van der Waals surface area contributed by atoms with E-state index in [1.165, 1.54) is 0 Å². The number of rotatable bonds is 0. The highest BCUT2D eigenvalue weighted by atomic mass is 16.3. The number of carbonyl (C=O) groups is 1. The van der Waals surface area contributed by atoms with Crippen LogP contribution in [0.3, 0.4) is 0 Å². The zero-order valence-electron chi connectivity index (χ0n) is 15.1. The number of aliphatic hydroxyl groups excluding tert-OH is 2. The van der Waals surface area contributed by atoms with Crippen molar-refractivity contribution in [2.24, 2.45) is 29.1 Å². The molecule has 3 aliphatic carbocycles. The Hall–Kier alpha value is -0.970. The maximum absolute atomic E-state index is 13.0. The molecule has 0 saturated heterocycles. The normalized spacial score (nSPS) is 50.4. The minimum atomic E-state index is -1.72. The molecule has 2 fully saturated rings. The molecule has 0 spiro atoms. The van der Waals surface area contributed by atoms with Crippen LogP contribution in [-0.2, 0) is 4.79 Å². The smallest absolute Gasteiger partial charge is 0.190 e. The molecule has 1 unspecified atom stereocenters. The summed E-state index contributed by atoms with van der Waals surface area (Å²) in [6.07, 6.45) is 1.75. The van der Waals surface area contributed by atoms with E-state index in [4.69, 9.17) is 0 Å². The summed E-state index contributed by atoms with van der Waals surface area (Å²) in [5.41, 5.74) is -0.429. The number of allylic oxidation sites excluding steroid dienone is 1. The first kappa shape index (κ1) is 17.8. The van der Waals surface area contributed by atoms with Gasteiger partial charge in [0, 0.05) is 0 Å². The fourth-order valence-electron chi connectivity index (χ4n) is 5.17. The Morgan fingerprint density at radius 2 is 1.92 bits per heavy atom. The van der Waals surface area contributed by atoms with Gasteiger partial charge in [-0.25, -0.2) is 0 Å². The van der Waals surface area contributed by atoms with E-state index < -0.39 is 23.7 Å². The van der Waals surface area contributed by atoms with Crippen molar-refractivity contribution >= 4 is 5.78 Å². The second-order valence-electron chi connectivity index (χ2n) is 8.90. The Balaban J connectivity index is 2.04. The van der Waals surface area contributed by atoms with E-state index in [0.29, 0.717) is 29.4 Å². The molecule has 0 aromatic rings. The summed E-state index contributed by atoms with van der Waals surface area (Å²) in [7, 11) is 0. The third-order valence-corrected chi connectivity index (χ3v) is 6.99. The monoisotopic (exact) mass is 334 g/mol. The number of aliphatic hydroxyl groups is 3. The fraction of sp³-hybridized carbons (Fsp3) is 0.750. The van der Waals surface area contributed by atoms with E-state index in [1.54, 1.807) is 6.92 Å². The predicted octanol–water partition coefficient (Wildman–Crippen LogP) is 2.23. The Morgan fingerprint density at radius 3 is 2.54 bits per heavy atom. The first-order valence-electron chi connectivity index (χ1n) is 9.01. The van der Waals surface area contributed by atoms with Gasteiger partial charge in [0.15, 0.2) is 5.78 Å². The first-order chi connectivity index (χ1) is 11.0. The van der Waals surface area contributed by atoms with Crippen LogP contribution >= 0.6 is 0 Å². The maximum Gasteiger partial charge on any atom is 0.190 e. The van der Waals surface area contributed by atoms with Crippen LogP contribution < -0.4 is 0 Å². The van der Waals surface area contributed by atoms with Crippen molar-refractivity contribution in [1.82, 2.24) is 0 Å². The highest BCUT2D eigenvalue weighted by Gasteiger charge is 2.60. The van der Waals surface area contributed by atoms with Crippen LogP contribution in [-0.4, -0.2) is 38.9 Å². The maximum atomic E-state index is 13.0. The number of ketones is 1. The van der Waals surface area contributed by atoms with Crippen molar-refractivity contribution < 1.29 is 20.1 Å². The molecule has 3 N–H and O–H groups in total. The standard InChI is InChI=1S/C20H30O4/c1-10-6-7-13-14(19(13,4)5)8-11(2)18(23)20(24)9-12(3)17(22)15(20)16(10)21/h8,12-17,21-22,24H,1,6-7,9H2,2-5H3/b11-8+/t12-,13-,14+,15?,16-,17-,20+/m0/s1. The average Bonchev–Trinajstić information content (AvgIpc) is 2.91. The van der Waals surface area contributed by atoms with Crippen molar-refractivity contribution in [2.75, 3.05) is 0 Å². The molecule has 4 nitrogen and oxygen atoms in total. The zero-order chi connectivity index (χ0) is 18.0. The van der Waals surface area contributed by atoms with Gasteiger partial charge in [0.2, 0.25) is 0 Å². The molecule has 4 heteroatoms. The third-order valence-electron chi connectivity index (χ3n) is 6.99. The van der Waals surface area contributed by atoms with Gasteiger partial charge >= 0.3 is 0 Å². The Kier molecular flexibility index (Phi) is 4.10. The van der Waals surface area contributed by atoms with Crippen molar-refractivity contribution in [1.29, 1.82) is 0 Å². The van der Waals surface area contributed by atoms with Gasteiger partial charge in [-0.2, -0.15) is 0 Å². The molecule has 0 aromatic carbocycles. The van der Waals surface area contributed by atoms with Gasteiger partial charge in [-0.15, -0.1) is 0 Å². The average molecular weight is 334 g/mol. The van der Waals surface area contributed by atoms with E-state index in [1.807, 2.05) is 13.0 Å². The van der Waals surface area contributed by atoms with Crippen LogP contribution in [0.5, 0.6) is 0 Å². The lowest BCUT2D eigenvalue weighted by Crippen LogP contribution is -2.50. The SMILES string of the molecule is C=C1CC[C@H]2[C@@H](/C=C(\C)C(=O)[C@@]3(O)C[C@H](C)[C@H](O)C3[C@H]1O)C2(C)C. The van der Waals surface area contributed by atoms with Gasteiger partial charge in [-0.3, -0.25) is 4.79 Å². The van der Waals surface area contributed by atoms with Gasteiger partial charge in [-0.05, 0) is 60.5 Å². The van der Waals surface area contributed by atoms with Crippen LogP contribution in [0.15, 0.2) is 23.8 Å². The molecule has 7 atom stereocenters.